The molecule has 0 radical (unpaired) electrons. The van der Waals surface area contributed by atoms with Crippen LogP contribution in [0.5, 0.6) is 28.7 Å². The van der Waals surface area contributed by atoms with Crippen LogP contribution in [0.2, 0.25) is 0 Å². The van der Waals surface area contributed by atoms with E-state index in [-0.39, 0.29) is 13.2 Å². The van der Waals surface area contributed by atoms with Crippen LogP contribution in [-0.4, -0.2) is 54.3 Å². The lowest BCUT2D eigenvalue weighted by atomic mass is 9.66. The summed E-state index contributed by atoms with van der Waals surface area (Å²) in [6.45, 7) is 3.83. The Bertz CT molecular complexity index is 1090. The van der Waals surface area contributed by atoms with Gasteiger partial charge in [0, 0.05) is 10.4 Å². The monoisotopic (exact) mass is 550 g/mol. The number of rotatable bonds is 10. The van der Waals surface area contributed by atoms with Gasteiger partial charge in [0.25, 0.3) is 0 Å². The van der Waals surface area contributed by atoms with E-state index in [1.54, 1.807) is 24.3 Å². The molecule has 1 aliphatic rings. The summed E-state index contributed by atoms with van der Waals surface area (Å²) < 4.78 is 38.5. The van der Waals surface area contributed by atoms with Gasteiger partial charge in [0.1, 0.15) is 0 Å². The highest BCUT2D eigenvalue weighted by atomic mass is 79.9. The number of benzene rings is 2. The Morgan fingerprint density at radius 1 is 0.971 bits per heavy atom. The minimum Gasteiger partial charge on any atom is -0.493 e. The molecule has 3 rings (SSSR count). The van der Waals surface area contributed by atoms with E-state index in [4.69, 9.17) is 33.2 Å². The fraction of sp³-hybridized carbons (Fsp3) is 0.360. The van der Waals surface area contributed by atoms with Crippen molar-refractivity contribution in [1.29, 1.82) is 0 Å². The summed E-state index contributed by atoms with van der Waals surface area (Å²) in [6.07, 6.45) is 1.38. The van der Waals surface area contributed by atoms with Crippen molar-refractivity contribution < 1.29 is 42.7 Å². The van der Waals surface area contributed by atoms with E-state index >= 15 is 0 Å². The summed E-state index contributed by atoms with van der Waals surface area (Å²) in [5, 5.41) is 0. The molecule has 9 nitrogen and oxygen atoms in total. The molecule has 10 heteroatoms. The third kappa shape index (κ3) is 4.50. The second-order valence-corrected chi connectivity index (χ2v) is 8.42. The van der Waals surface area contributed by atoms with Gasteiger partial charge in [-0.2, -0.15) is 0 Å². The first kappa shape index (κ1) is 26.2. The Kier molecular flexibility index (Phi) is 8.16. The topological polar surface area (TPSA) is 98.8 Å². The molecule has 1 unspecified atom stereocenters. The molecule has 1 atom stereocenters. The Morgan fingerprint density at radius 3 is 1.97 bits per heavy atom. The summed E-state index contributed by atoms with van der Waals surface area (Å²) >= 11 is 3.58. The lowest BCUT2D eigenvalue weighted by Crippen LogP contribution is -2.46. The van der Waals surface area contributed by atoms with Crippen molar-refractivity contribution in [3.63, 3.8) is 0 Å². The molecule has 0 N–H and O–H groups in total. The second-order valence-electron chi connectivity index (χ2n) is 7.57. The first-order valence-electron chi connectivity index (χ1n) is 10.5. The summed E-state index contributed by atoms with van der Waals surface area (Å²) in [5.74, 6) is -0.541. The third-order valence-corrected chi connectivity index (χ3v) is 6.57. The highest BCUT2D eigenvalue weighted by Gasteiger charge is 2.56. The maximum atomic E-state index is 13.5. The van der Waals surface area contributed by atoms with Crippen molar-refractivity contribution in [3.05, 3.63) is 52.5 Å². The lowest BCUT2D eigenvalue weighted by molar-refractivity contribution is -0.170. The van der Waals surface area contributed by atoms with Crippen LogP contribution in [0.3, 0.4) is 0 Å². The van der Waals surface area contributed by atoms with Crippen molar-refractivity contribution in [2.45, 2.75) is 12.3 Å². The van der Waals surface area contributed by atoms with Crippen LogP contribution < -0.4 is 23.7 Å². The fourth-order valence-corrected chi connectivity index (χ4v) is 4.90. The van der Waals surface area contributed by atoms with Gasteiger partial charge in [-0.15, -0.1) is 6.58 Å². The molecule has 0 aromatic heterocycles. The number of ether oxygens (including phenoxy) is 7. The molecule has 2 aromatic rings. The van der Waals surface area contributed by atoms with Crippen LogP contribution in [0.1, 0.15) is 23.5 Å². The minimum absolute atomic E-state index is 0.0475. The van der Waals surface area contributed by atoms with E-state index in [0.717, 1.165) is 0 Å². The van der Waals surface area contributed by atoms with E-state index in [1.807, 2.05) is 0 Å². The Labute approximate surface area is 212 Å². The van der Waals surface area contributed by atoms with Gasteiger partial charge >= 0.3 is 11.9 Å². The molecule has 0 aliphatic carbocycles. The molecule has 2 aromatic carbocycles. The zero-order chi connectivity index (χ0) is 25.8. The predicted octanol–water partition coefficient (Wildman–Crippen LogP) is 4.24. The summed E-state index contributed by atoms with van der Waals surface area (Å²) in [6, 6.07) is 6.78. The van der Waals surface area contributed by atoms with E-state index in [2.05, 4.69) is 22.5 Å². The van der Waals surface area contributed by atoms with E-state index in [9.17, 15) is 9.59 Å². The van der Waals surface area contributed by atoms with Crippen LogP contribution in [0, 0.1) is 5.41 Å². The lowest BCUT2D eigenvalue weighted by Gasteiger charge is -2.36. The van der Waals surface area contributed by atoms with E-state index in [0.29, 0.717) is 44.3 Å². The Morgan fingerprint density at radius 2 is 1.51 bits per heavy atom. The average Bonchev–Trinajstić information content (AvgIpc) is 3.33. The first-order valence-corrected chi connectivity index (χ1v) is 11.3. The quantitative estimate of drug-likeness (QED) is 0.244. The van der Waals surface area contributed by atoms with Crippen molar-refractivity contribution in [3.8, 4) is 28.7 Å². The Balaban J connectivity index is 2.46. The molecule has 1 aliphatic heterocycles. The molecule has 0 bridgehead atoms. The maximum Gasteiger partial charge on any atom is 0.324 e. The van der Waals surface area contributed by atoms with E-state index in [1.165, 1.54) is 41.6 Å². The number of fused-ring (bicyclic) bond motifs is 1. The molecule has 0 spiro atoms. The van der Waals surface area contributed by atoms with Gasteiger partial charge in [0.2, 0.25) is 12.5 Å². The summed E-state index contributed by atoms with van der Waals surface area (Å²) in [7, 11) is 6.86. The number of allylic oxidation sites excluding steroid dienone is 1. The Hall–Kier alpha value is -3.40. The average molecular weight is 551 g/mol. The third-order valence-electron chi connectivity index (χ3n) is 5.88. The number of halogens is 1. The van der Waals surface area contributed by atoms with E-state index < -0.39 is 23.3 Å². The normalized spacial score (nSPS) is 13.0. The molecule has 0 saturated heterocycles. The number of carbonyl (C=O) groups excluding carboxylic acids is 2. The van der Waals surface area contributed by atoms with Gasteiger partial charge in [0.05, 0.1) is 35.5 Å². The number of hydrogen-bond donors (Lipinski definition) is 0. The number of carbonyl (C=O) groups is 2. The minimum atomic E-state index is -1.86. The molecule has 188 valence electrons. The number of hydrogen-bond acceptors (Lipinski definition) is 9. The highest BCUT2D eigenvalue weighted by molar-refractivity contribution is 9.10. The van der Waals surface area contributed by atoms with Crippen LogP contribution >= 0.6 is 15.9 Å². The second kappa shape index (κ2) is 10.9. The van der Waals surface area contributed by atoms with Gasteiger partial charge in [-0.25, -0.2) is 0 Å². The van der Waals surface area contributed by atoms with Crippen LogP contribution in [0.4, 0.5) is 0 Å². The number of esters is 2. The van der Waals surface area contributed by atoms with Crippen LogP contribution in [0.15, 0.2) is 41.4 Å². The number of methoxy groups -OCH3 is 5. The summed E-state index contributed by atoms with van der Waals surface area (Å²) in [4.78, 5) is 26.9. The first-order chi connectivity index (χ1) is 16.8. The maximum absolute atomic E-state index is 13.5. The molecule has 1 heterocycles. The molecule has 0 saturated carbocycles. The fourth-order valence-electron chi connectivity index (χ4n) is 4.35. The standard InChI is InChI=1S/C25H27BrO9/c1-7-8-25(23(27)32-5,24(28)33-6)21(15-11-17-18(12-16(15)26)35-13-34-17)14-9-19(29-2)22(31-4)20(10-14)30-3/h7,9-12,21H,1,8,13H2,2-6H3. The van der Waals surface area contributed by atoms with Crippen molar-refractivity contribution >= 4 is 27.9 Å². The van der Waals surface area contributed by atoms with Gasteiger partial charge in [-0.3, -0.25) is 9.59 Å². The van der Waals surface area contributed by atoms with Gasteiger partial charge in [-0.1, -0.05) is 22.0 Å². The van der Waals surface area contributed by atoms with Gasteiger partial charge < -0.3 is 33.2 Å². The molecular weight excluding hydrogens is 524 g/mol. The van der Waals surface area contributed by atoms with Crippen molar-refractivity contribution in [2.75, 3.05) is 42.3 Å². The summed E-state index contributed by atoms with van der Waals surface area (Å²) in [5.41, 5.74) is -0.815. The van der Waals surface area contributed by atoms with Gasteiger partial charge in [-0.05, 0) is 41.8 Å². The SMILES string of the molecule is C=CCC(C(=O)OC)(C(=O)OC)C(c1cc(OC)c(OC)c(OC)c1)c1cc2c(cc1Br)OCO2. The highest BCUT2D eigenvalue weighted by Crippen LogP contribution is 2.53. The molecule has 0 amide bonds. The van der Waals surface area contributed by atoms with Gasteiger partial charge in [0.15, 0.2) is 28.4 Å². The van der Waals surface area contributed by atoms with Crippen LogP contribution in [0.25, 0.3) is 0 Å². The zero-order valence-electron chi connectivity index (χ0n) is 20.1. The zero-order valence-corrected chi connectivity index (χ0v) is 21.7. The smallest absolute Gasteiger partial charge is 0.324 e. The van der Waals surface area contributed by atoms with Crippen LogP contribution in [-0.2, 0) is 19.1 Å². The predicted molar refractivity (Wildman–Crippen MR) is 129 cm³/mol. The largest absolute Gasteiger partial charge is 0.493 e. The molecule has 0 fully saturated rings. The van der Waals surface area contributed by atoms with Crippen molar-refractivity contribution in [1.82, 2.24) is 0 Å². The van der Waals surface area contributed by atoms with Crippen molar-refractivity contribution in [2.24, 2.45) is 5.41 Å². The molecular formula is C25H27BrO9. The molecule has 35 heavy (non-hydrogen) atoms.